The molecule has 2 bridgehead atoms. The van der Waals surface area contributed by atoms with Gasteiger partial charge < -0.3 is 4.90 Å². The number of ketones is 1. The number of halogens is 1. The summed E-state index contributed by atoms with van der Waals surface area (Å²) >= 11 is 0. The van der Waals surface area contributed by atoms with E-state index in [4.69, 9.17) is 0 Å². The zero-order valence-electron chi connectivity index (χ0n) is 13.9. The summed E-state index contributed by atoms with van der Waals surface area (Å²) in [5.74, 6) is 1.34. The van der Waals surface area contributed by atoms with Gasteiger partial charge in [-0.1, -0.05) is 54.6 Å². The number of carbonyl (C=O) groups is 1. The second-order valence-electron chi connectivity index (χ2n) is 6.95. The van der Waals surface area contributed by atoms with Gasteiger partial charge in [0, 0.05) is 18.9 Å². The van der Waals surface area contributed by atoms with Crippen molar-refractivity contribution in [3.63, 3.8) is 0 Å². The lowest BCUT2D eigenvalue weighted by Gasteiger charge is -2.44. The van der Waals surface area contributed by atoms with Crippen molar-refractivity contribution in [2.75, 3.05) is 19.6 Å². The normalized spacial score (nSPS) is 25.1. The van der Waals surface area contributed by atoms with Gasteiger partial charge in [0.15, 0.2) is 0 Å². The van der Waals surface area contributed by atoms with Gasteiger partial charge in [-0.15, -0.1) is 12.4 Å². The molecule has 2 nitrogen and oxygen atoms in total. The summed E-state index contributed by atoms with van der Waals surface area (Å²) in [5.41, 5.74) is 3.58. The monoisotopic (exact) mass is 341 g/mol. The molecule has 0 aromatic heterocycles. The highest BCUT2D eigenvalue weighted by atomic mass is 35.5. The molecule has 0 aliphatic carbocycles. The molecule has 126 valence electrons. The fourth-order valence-corrected chi connectivity index (χ4v) is 4.11. The van der Waals surface area contributed by atoms with E-state index in [0.717, 1.165) is 12.1 Å². The molecule has 3 heteroatoms. The first-order valence-corrected chi connectivity index (χ1v) is 8.69. The number of rotatable bonds is 4. The Hall–Kier alpha value is -1.64. The van der Waals surface area contributed by atoms with Crippen LogP contribution in [-0.4, -0.2) is 30.3 Å². The molecule has 2 aromatic carbocycles. The van der Waals surface area contributed by atoms with Gasteiger partial charge in [-0.3, -0.25) is 4.79 Å². The van der Waals surface area contributed by atoms with Crippen LogP contribution in [0.25, 0.3) is 11.1 Å². The van der Waals surface area contributed by atoms with Gasteiger partial charge in [0.05, 0.1) is 0 Å². The maximum absolute atomic E-state index is 12.7. The quantitative estimate of drug-likeness (QED) is 0.829. The molecule has 3 fully saturated rings. The van der Waals surface area contributed by atoms with Crippen LogP contribution in [0.2, 0.25) is 0 Å². The van der Waals surface area contributed by atoms with Gasteiger partial charge in [0.2, 0.25) is 0 Å². The maximum Gasteiger partial charge on any atom is 0.141 e. The molecule has 1 atom stereocenters. The zero-order valence-corrected chi connectivity index (χ0v) is 14.7. The van der Waals surface area contributed by atoms with Gasteiger partial charge in [-0.25, -0.2) is 0 Å². The molecular weight excluding hydrogens is 318 g/mol. The fourth-order valence-electron chi connectivity index (χ4n) is 4.11. The van der Waals surface area contributed by atoms with Crippen LogP contribution in [0.1, 0.15) is 18.4 Å². The largest absolute Gasteiger partial charge is 0.303 e. The van der Waals surface area contributed by atoms with E-state index < -0.39 is 0 Å². The minimum Gasteiger partial charge on any atom is -0.303 e. The molecular formula is C21H24ClNO. The number of Topliss-reactive ketones (excluding diaryl/α,β-unsaturated/α-hetero) is 1. The molecule has 3 heterocycles. The molecule has 0 radical (unpaired) electrons. The Balaban J connectivity index is 0.00000169. The van der Waals surface area contributed by atoms with Crippen molar-refractivity contribution in [2.45, 2.75) is 19.3 Å². The van der Waals surface area contributed by atoms with Crippen molar-refractivity contribution in [2.24, 2.45) is 11.8 Å². The van der Waals surface area contributed by atoms with Gasteiger partial charge in [-0.05, 0) is 48.5 Å². The topological polar surface area (TPSA) is 20.3 Å². The second-order valence-corrected chi connectivity index (χ2v) is 6.95. The van der Waals surface area contributed by atoms with Crippen LogP contribution in [0.3, 0.4) is 0 Å². The summed E-state index contributed by atoms with van der Waals surface area (Å²) in [4.78, 5) is 15.1. The summed E-state index contributed by atoms with van der Waals surface area (Å²) < 4.78 is 0. The Morgan fingerprint density at radius 3 is 2.12 bits per heavy atom. The van der Waals surface area contributed by atoms with Gasteiger partial charge in [0.25, 0.3) is 0 Å². The molecule has 5 rings (SSSR count). The summed E-state index contributed by atoms with van der Waals surface area (Å²) in [6, 6.07) is 18.9. The van der Waals surface area contributed by atoms with E-state index in [1.165, 1.54) is 37.1 Å². The van der Waals surface area contributed by atoms with Crippen LogP contribution < -0.4 is 0 Å². The molecule has 0 spiro atoms. The van der Waals surface area contributed by atoms with Gasteiger partial charge >= 0.3 is 0 Å². The minimum atomic E-state index is 0. The molecule has 0 saturated carbocycles. The Morgan fingerprint density at radius 2 is 1.54 bits per heavy atom. The molecule has 0 N–H and O–H groups in total. The number of fused-ring (bicyclic) bond motifs is 3. The first kappa shape index (κ1) is 17.2. The number of hydrogen-bond acceptors (Lipinski definition) is 2. The van der Waals surface area contributed by atoms with Gasteiger partial charge in [0.1, 0.15) is 5.78 Å². The van der Waals surface area contributed by atoms with Crippen molar-refractivity contribution in [3.8, 4) is 11.1 Å². The molecule has 2 aromatic rings. The lowest BCUT2D eigenvalue weighted by molar-refractivity contribution is -0.128. The summed E-state index contributed by atoms with van der Waals surface area (Å²) in [6.07, 6.45) is 3.01. The van der Waals surface area contributed by atoms with Crippen LogP contribution >= 0.6 is 12.4 Å². The van der Waals surface area contributed by atoms with Crippen LogP contribution in [0.5, 0.6) is 0 Å². The average Bonchev–Trinajstić information content (AvgIpc) is 2.64. The van der Waals surface area contributed by atoms with Crippen LogP contribution in [0.4, 0.5) is 0 Å². The smallest absolute Gasteiger partial charge is 0.141 e. The van der Waals surface area contributed by atoms with E-state index in [2.05, 4.69) is 53.4 Å². The predicted molar refractivity (Wildman–Crippen MR) is 100 cm³/mol. The van der Waals surface area contributed by atoms with Crippen molar-refractivity contribution < 1.29 is 4.79 Å². The third-order valence-electron chi connectivity index (χ3n) is 5.51. The Kier molecular flexibility index (Phi) is 5.37. The number of carbonyl (C=O) groups excluding carboxylic acids is 1. The number of piperidine rings is 3. The van der Waals surface area contributed by atoms with Crippen LogP contribution in [-0.2, 0) is 11.2 Å². The maximum atomic E-state index is 12.7. The lowest BCUT2D eigenvalue weighted by atomic mass is 9.76. The van der Waals surface area contributed by atoms with E-state index in [1.54, 1.807) is 0 Å². The first-order chi connectivity index (χ1) is 11.3. The molecule has 3 aliphatic heterocycles. The Morgan fingerprint density at radius 1 is 0.917 bits per heavy atom. The first-order valence-electron chi connectivity index (χ1n) is 8.69. The molecule has 3 aliphatic rings. The average molecular weight is 342 g/mol. The predicted octanol–water partition coefficient (Wildman–Crippen LogP) is 4.23. The fraction of sp³-hybridized carbons (Fsp3) is 0.381. The van der Waals surface area contributed by atoms with Crippen LogP contribution in [0.15, 0.2) is 54.6 Å². The summed E-state index contributed by atoms with van der Waals surface area (Å²) in [5, 5.41) is 0. The summed E-state index contributed by atoms with van der Waals surface area (Å²) in [7, 11) is 0. The lowest BCUT2D eigenvalue weighted by Crippen LogP contribution is -2.50. The van der Waals surface area contributed by atoms with Crippen molar-refractivity contribution in [1.29, 1.82) is 0 Å². The SMILES string of the molecule is Cl.O=C(Cc1ccc(-c2ccccc2)cc1)C1CN2CCC1CC2. The highest BCUT2D eigenvalue weighted by Crippen LogP contribution is 2.33. The standard InChI is InChI=1S/C21H23NO.ClH/c23-21(20-15-22-12-10-19(20)11-13-22)14-16-6-8-18(9-7-16)17-4-2-1-3-5-17;/h1-9,19-20H,10-15H2;1H. The Bertz CT molecular complexity index is 675. The third kappa shape index (κ3) is 3.55. The number of hydrogen-bond donors (Lipinski definition) is 0. The third-order valence-corrected chi connectivity index (χ3v) is 5.51. The number of benzene rings is 2. The summed E-state index contributed by atoms with van der Waals surface area (Å²) in [6.45, 7) is 3.38. The van der Waals surface area contributed by atoms with Crippen molar-refractivity contribution >= 4 is 18.2 Å². The van der Waals surface area contributed by atoms with Gasteiger partial charge in [-0.2, -0.15) is 0 Å². The van der Waals surface area contributed by atoms with Crippen molar-refractivity contribution in [3.05, 3.63) is 60.2 Å². The number of nitrogens with zero attached hydrogens (tertiary/aromatic N) is 1. The molecule has 0 amide bonds. The minimum absolute atomic E-state index is 0. The van der Waals surface area contributed by atoms with E-state index in [-0.39, 0.29) is 18.3 Å². The van der Waals surface area contributed by atoms with Crippen molar-refractivity contribution in [1.82, 2.24) is 4.90 Å². The van der Waals surface area contributed by atoms with E-state index in [0.29, 0.717) is 18.1 Å². The highest BCUT2D eigenvalue weighted by molar-refractivity contribution is 5.85. The highest BCUT2D eigenvalue weighted by Gasteiger charge is 2.37. The van der Waals surface area contributed by atoms with E-state index >= 15 is 0 Å². The molecule has 3 saturated heterocycles. The molecule has 24 heavy (non-hydrogen) atoms. The van der Waals surface area contributed by atoms with Crippen LogP contribution in [0, 0.1) is 11.8 Å². The second kappa shape index (κ2) is 7.50. The zero-order chi connectivity index (χ0) is 15.6. The van der Waals surface area contributed by atoms with E-state index in [1.807, 2.05) is 6.07 Å². The Labute approximate surface area is 150 Å². The molecule has 1 unspecified atom stereocenters. The van der Waals surface area contributed by atoms with E-state index in [9.17, 15) is 4.79 Å².